The summed E-state index contributed by atoms with van der Waals surface area (Å²) < 4.78 is 0. The zero-order chi connectivity index (χ0) is 9.68. The van der Waals surface area contributed by atoms with Crippen molar-refractivity contribution in [2.24, 2.45) is 0 Å². The van der Waals surface area contributed by atoms with Crippen molar-refractivity contribution in [1.29, 1.82) is 5.39 Å². The van der Waals surface area contributed by atoms with Gasteiger partial charge in [0, 0.05) is 30.9 Å². The quantitative estimate of drug-likeness (QED) is 0.324. The molecule has 0 saturated carbocycles. The van der Waals surface area contributed by atoms with Crippen LogP contribution >= 0.6 is 0 Å². The van der Waals surface area contributed by atoms with Gasteiger partial charge in [-0.1, -0.05) is 0 Å². The minimum absolute atomic E-state index is 0. The Bertz CT molecular complexity index is 314. The molecule has 0 spiro atoms. The molecular weight excluding hydrogens is 458 g/mol. The normalized spacial score (nSPS) is 6.37. The fourth-order valence-corrected chi connectivity index (χ4v) is 1.32. The monoisotopic (exact) mass is 471 g/mol. The van der Waals surface area contributed by atoms with Gasteiger partial charge in [0.15, 0.2) is 4.98 Å². The second-order valence-corrected chi connectivity index (χ2v) is 2.79. The van der Waals surface area contributed by atoms with Gasteiger partial charge in [-0.05, 0) is 26.0 Å². The van der Waals surface area contributed by atoms with Crippen LogP contribution in [-0.4, -0.2) is 37.0 Å². The van der Waals surface area contributed by atoms with Crippen LogP contribution in [0.2, 0.25) is 0 Å². The van der Waals surface area contributed by atoms with E-state index < -0.39 is 0 Å². The fourth-order valence-electron chi connectivity index (χ4n) is 1.32. The van der Waals surface area contributed by atoms with Crippen molar-refractivity contribution in [3.63, 3.8) is 0 Å². The first-order valence-corrected chi connectivity index (χ1v) is 4.52. The molecule has 0 fully saturated rings. The summed E-state index contributed by atoms with van der Waals surface area (Å²) in [6.45, 7) is 6.22. The van der Waals surface area contributed by atoms with Crippen LogP contribution in [0.15, 0.2) is 24.3 Å². The number of benzene rings is 1. The minimum Gasteiger partial charge on any atom is -1.00 e. The maximum Gasteiger partial charge on any atom is 4.00 e. The Kier molecular flexibility index (Phi) is 40.6. The van der Waals surface area contributed by atoms with Crippen LogP contribution in [0.5, 0.6) is 0 Å². The van der Waals surface area contributed by atoms with Crippen LogP contribution < -0.4 is 66.9 Å². The van der Waals surface area contributed by atoms with Gasteiger partial charge in [0.25, 0.3) is 0 Å². The van der Waals surface area contributed by atoms with E-state index in [0.717, 1.165) is 18.8 Å². The molecule has 0 bridgehead atoms. The van der Waals surface area contributed by atoms with E-state index in [4.69, 9.17) is 5.39 Å². The van der Waals surface area contributed by atoms with Crippen LogP contribution in [0.25, 0.3) is 4.98 Å². The van der Waals surface area contributed by atoms with Crippen molar-refractivity contribution in [3.05, 3.63) is 29.2 Å². The zero-order valence-corrected chi connectivity index (χ0v) is 17.1. The molecule has 1 rings (SSSR count). The van der Waals surface area contributed by atoms with Gasteiger partial charge in [-0.3, -0.25) is 0 Å². The molecule has 0 aliphatic heterocycles. The van der Waals surface area contributed by atoms with E-state index in [9.17, 15) is 0 Å². The van der Waals surface area contributed by atoms with Gasteiger partial charge in [0.2, 0.25) is 5.39 Å². The minimum atomic E-state index is 0. The van der Waals surface area contributed by atoms with E-state index in [2.05, 4.69) is 23.7 Å². The largest absolute Gasteiger partial charge is 4.00 e. The van der Waals surface area contributed by atoms with Crippen molar-refractivity contribution >= 4 is 35.3 Å². The molecular formula is C10H14Cl5N3Sn. The van der Waals surface area contributed by atoms with Crippen molar-refractivity contribution in [2.75, 3.05) is 18.0 Å². The molecule has 108 valence electrons. The Morgan fingerprint density at radius 1 is 0.895 bits per heavy atom. The van der Waals surface area contributed by atoms with Gasteiger partial charge in [0.1, 0.15) is 0 Å². The van der Waals surface area contributed by atoms with Crippen molar-refractivity contribution in [1.82, 2.24) is 0 Å². The summed E-state index contributed by atoms with van der Waals surface area (Å²) in [5, 5.41) is 8.49. The molecule has 0 atom stereocenters. The summed E-state index contributed by atoms with van der Waals surface area (Å²) in [5.74, 6) is 0. The maximum absolute atomic E-state index is 8.49. The second kappa shape index (κ2) is 21.0. The Balaban J connectivity index is -0.0000000704. The predicted octanol–water partition coefficient (Wildman–Crippen LogP) is -12.3. The van der Waals surface area contributed by atoms with Gasteiger partial charge in [0.05, 0.1) is 0 Å². The molecule has 0 heterocycles. The van der Waals surface area contributed by atoms with Crippen LogP contribution in [-0.2, 0) is 0 Å². The van der Waals surface area contributed by atoms with Crippen LogP contribution in [0.3, 0.4) is 0 Å². The smallest absolute Gasteiger partial charge is 1.00 e. The summed E-state index contributed by atoms with van der Waals surface area (Å²) in [7, 11) is 0. The van der Waals surface area contributed by atoms with Gasteiger partial charge in [-0.25, -0.2) is 0 Å². The number of halogens is 5. The number of nitrogens with zero attached hydrogens (tertiary/aromatic N) is 3. The third-order valence-electron chi connectivity index (χ3n) is 2.09. The summed E-state index contributed by atoms with van der Waals surface area (Å²) in [4.78, 5) is 5.34. The third-order valence-corrected chi connectivity index (χ3v) is 2.09. The SMILES string of the molecule is CCN(CC)c1ccc([N+]#N)cc1.[Cl-].[Cl-].[Cl-].[Cl-].[Cl-].[Sn+4]. The first-order valence-electron chi connectivity index (χ1n) is 4.52. The number of diazo groups is 1. The van der Waals surface area contributed by atoms with Crippen molar-refractivity contribution in [2.45, 2.75) is 13.8 Å². The average Bonchev–Trinajstić information content (AvgIpc) is 2.21. The van der Waals surface area contributed by atoms with Crippen molar-refractivity contribution < 1.29 is 62.0 Å². The number of hydrogen-bond donors (Lipinski definition) is 0. The Labute approximate surface area is 162 Å². The molecule has 0 saturated heterocycles. The van der Waals surface area contributed by atoms with E-state index in [0.29, 0.717) is 5.69 Å². The molecule has 0 aliphatic rings. The fraction of sp³-hybridized carbons (Fsp3) is 0.400. The van der Waals surface area contributed by atoms with E-state index in [-0.39, 0.29) is 85.9 Å². The topological polar surface area (TPSA) is 31.4 Å². The van der Waals surface area contributed by atoms with Gasteiger partial charge >= 0.3 is 29.6 Å². The number of anilines is 1. The molecule has 0 aliphatic carbocycles. The third kappa shape index (κ3) is 12.2. The summed E-state index contributed by atoms with van der Waals surface area (Å²) in [6.07, 6.45) is 0. The van der Waals surface area contributed by atoms with E-state index in [1.54, 1.807) is 12.1 Å². The van der Waals surface area contributed by atoms with Crippen LogP contribution in [0.4, 0.5) is 11.4 Å². The number of rotatable bonds is 3. The Hall–Kier alpha value is 0.689. The van der Waals surface area contributed by atoms with E-state index in [1.807, 2.05) is 12.1 Å². The average molecular weight is 472 g/mol. The Morgan fingerprint density at radius 3 is 1.53 bits per heavy atom. The molecule has 0 unspecified atom stereocenters. The first-order chi connectivity index (χ1) is 6.31. The van der Waals surface area contributed by atoms with Gasteiger partial charge in [-0.15, -0.1) is 0 Å². The number of hydrogen-bond acceptors (Lipinski definition) is 2. The van der Waals surface area contributed by atoms with Gasteiger partial charge < -0.3 is 66.9 Å². The molecule has 19 heavy (non-hydrogen) atoms. The van der Waals surface area contributed by atoms with E-state index >= 15 is 0 Å². The molecule has 0 aromatic heterocycles. The molecule has 1 aromatic rings. The molecule has 3 nitrogen and oxygen atoms in total. The summed E-state index contributed by atoms with van der Waals surface area (Å²) in [6, 6.07) is 7.52. The van der Waals surface area contributed by atoms with Crippen LogP contribution in [0, 0.1) is 5.39 Å². The van der Waals surface area contributed by atoms with Crippen LogP contribution in [0.1, 0.15) is 13.8 Å². The molecule has 0 N–H and O–H groups in total. The predicted molar refractivity (Wildman–Crippen MR) is 60.5 cm³/mol. The molecule has 0 radical (unpaired) electrons. The standard InChI is InChI=1S/C10H14N3.5ClH.Sn/c1-3-13(4-2)10-7-5-9(12-11)6-8-10;;;;;;/h5-8H,3-4H2,1-2H3;5*1H;/q+1;;;;;;+4/p-5. The molecule has 9 heteroatoms. The first kappa shape index (κ1) is 36.7. The van der Waals surface area contributed by atoms with Gasteiger partial charge in [-0.2, -0.15) is 0 Å². The summed E-state index contributed by atoms with van der Waals surface area (Å²) in [5.41, 5.74) is 1.76. The van der Waals surface area contributed by atoms with E-state index in [1.165, 1.54) is 0 Å². The molecule has 1 aromatic carbocycles. The Morgan fingerprint density at radius 2 is 1.26 bits per heavy atom. The molecule has 0 amide bonds. The second-order valence-electron chi connectivity index (χ2n) is 2.79. The van der Waals surface area contributed by atoms with Crippen molar-refractivity contribution in [3.8, 4) is 0 Å². The zero-order valence-electron chi connectivity index (χ0n) is 10.5. The summed E-state index contributed by atoms with van der Waals surface area (Å²) >= 11 is 0. The maximum atomic E-state index is 8.49.